The lowest BCUT2D eigenvalue weighted by molar-refractivity contribution is -0.121. The lowest BCUT2D eigenvalue weighted by Crippen LogP contribution is -2.28. The van der Waals surface area contributed by atoms with E-state index >= 15 is 0 Å². The molecule has 0 bridgehead atoms. The summed E-state index contributed by atoms with van der Waals surface area (Å²) < 4.78 is 5.13. The Kier molecular flexibility index (Phi) is 7.13. The van der Waals surface area contributed by atoms with Crippen molar-refractivity contribution in [3.8, 4) is 0 Å². The SMILES string of the molecule is CN(C)CCCNCCC(=O)NCc1ccco1. The molecular formula is C13H23N3O2. The highest BCUT2D eigenvalue weighted by atomic mass is 16.3. The first-order chi connectivity index (χ1) is 8.68. The van der Waals surface area contributed by atoms with Crippen molar-refractivity contribution in [2.24, 2.45) is 0 Å². The van der Waals surface area contributed by atoms with Crippen LogP contribution in [0.4, 0.5) is 0 Å². The van der Waals surface area contributed by atoms with Crippen LogP contribution in [0.5, 0.6) is 0 Å². The van der Waals surface area contributed by atoms with Crippen molar-refractivity contribution in [2.45, 2.75) is 19.4 Å². The van der Waals surface area contributed by atoms with Crippen LogP contribution in [-0.2, 0) is 11.3 Å². The van der Waals surface area contributed by atoms with Gasteiger partial charge >= 0.3 is 0 Å². The van der Waals surface area contributed by atoms with Gasteiger partial charge in [-0.1, -0.05) is 0 Å². The van der Waals surface area contributed by atoms with Gasteiger partial charge in [-0.2, -0.15) is 0 Å². The second-order valence-electron chi connectivity index (χ2n) is 4.51. The van der Waals surface area contributed by atoms with E-state index in [-0.39, 0.29) is 5.91 Å². The molecule has 0 saturated carbocycles. The fourth-order valence-electron chi connectivity index (χ4n) is 1.53. The molecule has 18 heavy (non-hydrogen) atoms. The van der Waals surface area contributed by atoms with Crippen LogP contribution in [0.3, 0.4) is 0 Å². The maximum absolute atomic E-state index is 11.5. The Labute approximate surface area is 109 Å². The molecule has 1 rings (SSSR count). The van der Waals surface area contributed by atoms with Crippen LogP contribution >= 0.6 is 0 Å². The first-order valence-corrected chi connectivity index (χ1v) is 6.33. The Morgan fingerprint density at radius 1 is 1.39 bits per heavy atom. The molecule has 0 radical (unpaired) electrons. The van der Waals surface area contributed by atoms with Gasteiger partial charge in [0.1, 0.15) is 5.76 Å². The highest BCUT2D eigenvalue weighted by Gasteiger charge is 2.02. The summed E-state index contributed by atoms with van der Waals surface area (Å²) in [4.78, 5) is 13.6. The predicted octanol–water partition coefficient (Wildman–Crippen LogP) is 0.827. The van der Waals surface area contributed by atoms with Gasteiger partial charge in [0.15, 0.2) is 0 Å². The minimum absolute atomic E-state index is 0.0477. The standard InChI is InChI=1S/C13H23N3O2/c1-16(2)9-4-7-14-8-6-13(17)15-11-12-5-3-10-18-12/h3,5,10,14H,4,6-9,11H2,1-2H3,(H,15,17). The summed E-state index contributed by atoms with van der Waals surface area (Å²) in [6, 6.07) is 3.66. The van der Waals surface area contributed by atoms with E-state index in [2.05, 4.69) is 29.6 Å². The zero-order chi connectivity index (χ0) is 13.2. The highest BCUT2D eigenvalue weighted by molar-refractivity contribution is 5.75. The molecule has 1 aromatic rings. The molecule has 1 amide bonds. The minimum atomic E-state index is 0.0477. The third-order valence-electron chi connectivity index (χ3n) is 2.53. The van der Waals surface area contributed by atoms with E-state index in [1.807, 2.05) is 12.1 Å². The van der Waals surface area contributed by atoms with Gasteiger partial charge in [-0.15, -0.1) is 0 Å². The van der Waals surface area contributed by atoms with E-state index in [1.165, 1.54) is 0 Å². The summed E-state index contributed by atoms with van der Waals surface area (Å²) in [6.45, 7) is 3.20. The van der Waals surface area contributed by atoms with Crippen molar-refractivity contribution < 1.29 is 9.21 Å². The molecule has 0 fully saturated rings. The second kappa shape index (κ2) is 8.72. The molecule has 0 aliphatic carbocycles. The summed E-state index contributed by atoms with van der Waals surface area (Å²) in [7, 11) is 4.12. The molecule has 0 spiro atoms. The van der Waals surface area contributed by atoms with E-state index < -0.39 is 0 Å². The van der Waals surface area contributed by atoms with E-state index in [1.54, 1.807) is 6.26 Å². The van der Waals surface area contributed by atoms with E-state index in [0.717, 1.165) is 31.8 Å². The molecule has 1 aromatic heterocycles. The van der Waals surface area contributed by atoms with Crippen molar-refractivity contribution in [2.75, 3.05) is 33.7 Å². The lowest BCUT2D eigenvalue weighted by Gasteiger charge is -2.09. The Hall–Kier alpha value is -1.33. The van der Waals surface area contributed by atoms with Crippen molar-refractivity contribution in [3.05, 3.63) is 24.2 Å². The normalized spacial score (nSPS) is 10.8. The Morgan fingerprint density at radius 2 is 2.22 bits per heavy atom. The molecule has 5 nitrogen and oxygen atoms in total. The van der Waals surface area contributed by atoms with Gasteiger partial charge in [0, 0.05) is 13.0 Å². The zero-order valence-electron chi connectivity index (χ0n) is 11.2. The van der Waals surface area contributed by atoms with Crippen LogP contribution in [0, 0.1) is 0 Å². The quantitative estimate of drug-likeness (QED) is 0.640. The summed E-state index contributed by atoms with van der Waals surface area (Å²) in [5, 5.41) is 6.07. The number of hydrogen-bond donors (Lipinski definition) is 2. The fourth-order valence-corrected chi connectivity index (χ4v) is 1.53. The zero-order valence-corrected chi connectivity index (χ0v) is 11.2. The monoisotopic (exact) mass is 253 g/mol. The van der Waals surface area contributed by atoms with Crippen molar-refractivity contribution >= 4 is 5.91 Å². The average molecular weight is 253 g/mol. The fraction of sp³-hybridized carbons (Fsp3) is 0.615. The number of nitrogens with zero attached hydrogens (tertiary/aromatic N) is 1. The van der Waals surface area contributed by atoms with Crippen molar-refractivity contribution in [1.82, 2.24) is 15.5 Å². The number of hydrogen-bond acceptors (Lipinski definition) is 4. The van der Waals surface area contributed by atoms with E-state index in [0.29, 0.717) is 13.0 Å². The maximum Gasteiger partial charge on any atom is 0.221 e. The van der Waals surface area contributed by atoms with Crippen LogP contribution in [0.15, 0.2) is 22.8 Å². The first-order valence-electron chi connectivity index (χ1n) is 6.33. The van der Waals surface area contributed by atoms with Crippen LogP contribution in [-0.4, -0.2) is 44.5 Å². The maximum atomic E-state index is 11.5. The van der Waals surface area contributed by atoms with Gasteiger partial charge in [0.25, 0.3) is 0 Å². The largest absolute Gasteiger partial charge is 0.467 e. The summed E-state index contributed by atoms with van der Waals surface area (Å²) >= 11 is 0. The third-order valence-corrected chi connectivity index (χ3v) is 2.53. The molecule has 0 atom stereocenters. The Balaban J connectivity index is 1.94. The van der Waals surface area contributed by atoms with Crippen LogP contribution < -0.4 is 10.6 Å². The topological polar surface area (TPSA) is 57.5 Å². The number of rotatable bonds is 9. The third kappa shape index (κ3) is 7.09. The van der Waals surface area contributed by atoms with E-state index in [4.69, 9.17) is 4.42 Å². The molecule has 5 heteroatoms. The molecule has 2 N–H and O–H groups in total. The lowest BCUT2D eigenvalue weighted by atomic mass is 10.3. The summed E-state index contributed by atoms with van der Waals surface area (Å²) in [5.74, 6) is 0.828. The smallest absolute Gasteiger partial charge is 0.221 e. The first kappa shape index (κ1) is 14.7. The van der Waals surface area contributed by atoms with Gasteiger partial charge in [0.05, 0.1) is 12.8 Å². The molecule has 0 unspecified atom stereocenters. The predicted molar refractivity (Wildman–Crippen MR) is 71.2 cm³/mol. The Bertz CT molecular complexity index is 323. The molecule has 0 saturated heterocycles. The van der Waals surface area contributed by atoms with Gasteiger partial charge in [0.2, 0.25) is 5.91 Å². The molecule has 1 heterocycles. The Morgan fingerprint density at radius 3 is 2.89 bits per heavy atom. The average Bonchev–Trinajstić information content (AvgIpc) is 2.83. The number of carbonyl (C=O) groups excluding carboxylic acids is 1. The van der Waals surface area contributed by atoms with Crippen LogP contribution in [0.25, 0.3) is 0 Å². The molecular weight excluding hydrogens is 230 g/mol. The number of amides is 1. The van der Waals surface area contributed by atoms with Crippen LogP contribution in [0.2, 0.25) is 0 Å². The van der Waals surface area contributed by atoms with Crippen molar-refractivity contribution in [1.29, 1.82) is 0 Å². The second-order valence-corrected chi connectivity index (χ2v) is 4.51. The van der Waals surface area contributed by atoms with Gasteiger partial charge in [-0.05, 0) is 45.7 Å². The molecule has 0 aliphatic heterocycles. The number of carbonyl (C=O) groups is 1. The van der Waals surface area contributed by atoms with E-state index in [9.17, 15) is 4.79 Å². The van der Waals surface area contributed by atoms with Crippen LogP contribution in [0.1, 0.15) is 18.6 Å². The minimum Gasteiger partial charge on any atom is -0.467 e. The van der Waals surface area contributed by atoms with Gasteiger partial charge in [-0.3, -0.25) is 4.79 Å². The van der Waals surface area contributed by atoms with Crippen molar-refractivity contribution in [3.63, 3.8) is 0 Å². The summed E-state index contributed by atoms with van der Waals surface area (Å²) in [5.41, 5.74) is 0. The molecule has 102 valence electrons. The van der Waals surface area contributed by atoms with Gasteiger partial charge in [-0.25, -0.2) is 0 Å². The number of furan rings is 1. The molecule has 0 aliphatic rings. The highest BCUT2D eigenvalue weighted by Crippen LogP contribution is 1.98. The number of nitrogens with one attached hydrogen (secondary N) is 2. The van der Waals surface area contributed by atoms with Gasteiger partial charge < -0.3 is 20.0 Å². The molecule has 0 aromatic carbocycles. The summed E-state index contributed by atoms with van der Waals surface area (Å²) in [6.07, 6.45) is 3.21.